The summed E-state index contributed by atoms with van der Waals surface area (Å²) in [5.41, 5.74) is 2.43. The van der Waals surface area contributed by atoms with Crippen LogP contribution < -0.4 is 20.3 Å². The largest absolute Gasteiger partial charge is 0.492 e. The standard InChI is InChI=1S/C32H45N5O4/c1-2-40-30-15-6-4-13-28(30)34-32(39)41-23-22-35-18-20-36(21-19-35)26-11-9-10-25(24-26)31(38)33-27-12-3-5-14-29(27)37-16-7-8-17-37/h4,6,9-11,13,15,24,27,29H,2-3,5,7-8,12,14,16-23H2,1H3,(H,33,38)(H,34,39)/t27?,29-/m0/s1. The van der Waals surface area contributed by atoms with E-state index in [4.69, 9.17) is 9.47 Å². The molecule has 2 aromatic carbocycles. The minimum atomic E-state index is -0.481. The smallest absolute Gasteiger partial charge is 0.411 e. The summed E-state index contributed by atoms with van der Waals surface area (Å²) < 4.78 is 11.0. The van der Waals surface area contributed by atoms with Gasteiger partial charge in [0, 0.05) is 56.1 Å². The average molecular weight is 564 g/mol. The Balaban J connectivity index is 1.06. The van der Waals surface area contributed by atoms with E-state index in [0.29, 0.717) is 37.2 Å². The van der Waals surface area contributed by atoms with E-state index in [-0.39, 0.29) is 11.9 Å². The molecule has 0 spiro atoms. The van der Waals surface area contributed by atoms with Crippen molar-refractivity contribution in [3.8, 4) is 5.75 Å². The summed E-state index contributed by atoms with van der Waals surface area (Å²) in [7, 11) is 0. The van der Waals surface area contributed by atoms with Gasteiger partial charge in [0.15, 0.2) is 0 Å². The number of piperazine rings is 1. The van der Waals surface area contributed by atoms with Crippen LogP contribution in [0.1, 0.15) is 55.8 Å². The van der Waals surface area contributed by atoms with Gasteiger partial charge in [0.05, 0.1) is 12.3 Å². The molecule has 41 heavy (non-hydrogen) atoms. The summed E-state index contributed by atoms with van der Waals surface area (Å²) in [4.78, 5) is 32.8. The summed E-state index contributed by atoms with van der Waals surface area (Å²) in [6.45, 7) is 9.22. The second-order valence-electron chi connectivity index (χ2n) is 11.2. The third-order valence-corrected chi connectivity index (χ3v) is 8.57. The highest BCUT2D eigenvalue weighted by Gasteiger charge is 2.32. The van der Waals surface area contributed by atoms with Crippen LogP contribution >= 0.6 is 0 Å². The van der Waals surface area contributed by atoms with Crippen LogP contribution in [0.5, 0.6) is 5.75 Å². The van der Waals surface area contributed by atoms with Crippen LogP contribution in [-0.4, -0.2) is 92.9 Å². The van der Waals surface area contributed by atoms with Crippen molar-refractivity contribution in [3.63, 3.8) is 0 Å². The van der Waals surface area contributed by atoms with Crippen LogP contribution in [0.3, 0.4) is 0 Å². The predicted octanol–water partition coefficient (Wildman–Crippen LogP) is 4.59. The van der Waals surface area contributed by atoms with E-state index in [1.165, 1.54) is 45.2 Å². The molecule has 222 valence electrons. The first-order valence-corrected chi connectivity index (χ1v) is 15.4. The van der Waals surface area contributed by atoms with Gasteiger partial charge in [0.2, 0.25) is 0 Å². The molecule has 2 heterocycles. The minimum Gasteiger partial charge on any atom is -0.492 e. The van der Waals surface area contributed by atoms with E-state index in [1.54, 1.807) is 6.07 Å². The maximum atomic E-state index is 13.3. The van der Waals surface area contributed by atoms with E-state index >= 15 is 0 Å². The zero-order valence-electron chi connectivity index (χ0n) is 24.4. The second kappa shape index (κ2) is 14.5. The van der Waals surface area contributed by atoms with Crippen molar-refractivity contribution in [1.29, 1.82) is 0 Å². The molecule has 3 aliphatic rings. The molecule has 9 heteroatoms. The van der Waals surface area contributed by atoms with Crippen LogP contribution in [0.15, 0.2) is 48.5 Å². The van der Waals surface area contributed by atoms with E-state index in [0.717, 1.165) is 43.9 Å². The SMILES string of the molecule is CCOc1ccccc1NC(=O)OCCN1CCN(c2cccc(C(=O)NC3CCCC[C@@H]3N3CCCC3)c2)CC1. The highest BCUT2D eigenvalue weighted by atomic mass is 16.5. The number of carbonyl (C=O) groups excluding carboxylic acids is 2. The molecule has 0 radical (unpaired) electrons. The first kappa shape index (κ1) is 29.2. The molecule has 1 unspecified atom stereocenters. The van der Waals surface area contributed by atoms with Crippen LogP contribution in [0.2, 0.25) is 0 Å². The molecular formula is C32H45N5O4. The van der Waals surface area contributed by atoms with Gasteiger partial charge in [-0.05, 0) is 76.0 Å². The molecule has 5 rings (SSSR count). The van der Waals surface area contributed by atoms with Gasteiger partial charge >= 0.3 is 6.09 Å². The summed E-state index contributed by atoms with van der Waals surface area (Å²) in [5.74, 6) is 0.672. The molecule has 0 aromatic heterocycles. The molecule has 3 fully saturated rings. The van der Waals surface area contributed by atoms with Gasteiger partial charge < -0.3 is 19.7 Å². The molecule has 0 bridgehead atoms. The van der Waals surface area contributed by atoms with E-state index in [9.17, 15) is 9.59 Å². The van der Waals surface area contributed by atoms with Crippen molar-refractivity contribution in [2.24, 2.45) is 0 Å². The number of carbonyl (C=O) groups is 2. The number of hydrogen-bond acceptors (Lipinski definition) is 7. The Morgan fingerprint density at radius 2 is 1.68 bits per heavy atom. The Hall–Kier alpha value is -3.30. The lowest BCUT2D eigenvalue weighted by Gasteiger charge is -2.38. The number of likely N-dealkylation sites (tertiary alicyclic amines) is 1. The molecule has 1 aliphatic carbocycles. The van der Waals surface area contributed by atoms with Crippen LogP contribution in [0.4, 0.5) is 16.2 Å². The average Bonchev–Trinajstić information content (AvgIpc) is 3.54. The molecule has 2 N–H and O–H groups in total. The van der Waals surface area contributed by atoms with Gasteiger partial charge in [0.1, 0.15) is 12.4 Å². The molecule has 2 atom stereocenters. The van der Waals surface area contributed by atoms with Crippen molar-refractivity contribution in [3.05, 3.63) is 54.1 Å². The van der Waals surface area contributed by atoms with Crippen molar-refractivity contribution >= 4 is 23.4 Å². The zero-order valence-corrected chi connectivity index (χ0v) is 24.4. The Morgan fingerprint density at radius 3 is 2.49 bits per heavy atom. The fourth-order valence-corrected chi connectivity index (χ4v) is 6.38. The lowest BCUT2D eigenvalue weighted by atomic mass is 9.89. The summed E-state index contributed by atoms with van der Waals surface area (Å²) in [5, 5.41) is 6.17. The van der Waals surface area contributed by atoms with Crippen molar-refractivity contribution in [1.82, 2.24) is 15.1 Å². The topological polar surface area (TPSA) is 86.4 Å². The number of hydrogen-bond donors (Lipinski definition) is 2. The molecule has 2 aliphatic heterocycles. The maximum Gasteiger partial charge on any atom is 0.411 e. The third-order valence-electron chi connectivity index (χ3n) is 8.57. The quantitative estimate of drug-likeness (QED) is 0.437. The molecule has 2 amide bonds. The lowest BCUT2D eigenvalue weighted by Crippen LogP contribution is -2.52. The van der Waals surface area contributed by atoms with Gasteiger partial charge in [-0.3, -0.25) is 19.9 Å². The molecule has 2 saturated heterocycles. The molecule has 9 nitrogen and oxygen atoms in total. The zero-order chi connectivity index (χ0) is 28.4. The fourth-order valence-electron chi connectivity index (χ4n) is 6.38. The van der Waals surface area contributed by atoms with Gasteiger partial charge in [-0.15, -0.1) is 0 Å². The van der Waals surface area contributed by atoms with E-state index < -0.39 is 6.09 Å². The van der Waals surface area contributed by atoms with Crippen LogP contribution in [0.25, 0.3) is 0 Å². The van der Waals surface area contributed by atoms with Gasteiger partial charge in [-0.25, -0.2) is 4.79 Å². The minimum absolute atomic E-state index is 0.0425. The first-order valence-electron chi connectivity index (χ1n) is 15.4. The highest BCUT2D eigenvalue weighted by Crippen LogP contribution is 2.27. The number of rotatable bonds is 10. The van der Waals surface area contributed by atoms with Gasteiger partial charge in [-0.2, -0.15) is 0 Å². The maximum absolute atomic E-state index is 13.3. The van der Waals surface area contributed by atoms with Crippen LogP contribution in [-0.2, 0) is 4.74 Å². The third kappa shape index (κ3) is 7.92. The lowest BCUT2D eigenvalue weighted by molar-refractivity contribution is 0.0862. The Kier molecular flexibility index (Phi) is 10.4. The monoisotopic (exact) mass is 563 g/mol. The number of para-hydroxylation sites is 2. The molecular weight excluding hydrogens is 518 g/mol. The van der Waals surface area contributed by atoms with Gasteiger partial charge in [0.25, 0.3) is 5.91 Å². The van der Waals surface area contributed by atoms with E-state index in [2.05, 4.69) is 31.4 Å². The normalized spacial score (nSPS) is 21.8. The number of anilines is 2. The van der Waals surface area contributed by atoms with Crippen molar-refractivity contribution < 1.29 is 19.1 Å². The van der Waals surface area contributed by atoms with Crippen LogP contribution in [0, 0.1) is 0 Å². The second-order valence-corrected chi connectivity index (χ2v) is 11.2. The Labute approximate surface area is 244 Å². The highest BCUT2D eigenvalue weighted by molar-refractivity contribution is 5.95. The number of amides is 2. The van der Waals surface area contributed by atoms with E-state index in [1.807, 2.05) is 43.3 Å². The predicted molar refractivity (Wildman–Crippen MR) is 162 cm³/mol. The first-order chi connectivity index (χ1) is 20.1. The fraction of sp³-hybridized carbons (Fsp3) is 0.562. The Morgan fingerprint density at radius 1 is 0.902 bits per heavy atom. The Bertz CT molecular complexity index is 1150. The number of nitrogens with one attached hydrogen (secondary N) is 2. The van der Waals surface area contributed by atoms with Crippen molar-refractivity contribution in [2.45, 2.75) is 57.5 Å². The number of nitrogens with zero attached hydrogens (tertiary/aromatic N) is 3. The number of benzene rings is 2. The number of ether oxygens (including phenoxy) is 2. The summed E-state index contributed by atoms with van der Waals surface area (Å²) >= 11 is 0. The molecule has 1 saturated carbocycles. The molecule has 2 aromatic rings. The van der Waals surface area contributed by atoms with Crippen molar-refractivity contribution in [2.75, 3.05) is 69.2 Å². The summed E-state index contributed by atoms with van der Waals surface area (Å²) in [6, 6.07) is 16.1. The van der Waals surface area contributed by atoms with Gasteiger partial charge in [-0.1, -0.05) is 31.0 Å². The summed E-state index contributed by atoms with van der Waals surface area (Å²) in [6.07, 6.45) is 6.78.